The second-order valence-corrected chi connectivity index (χ2v) is 7.31. The summed E-state index contributed by atoms with van der Waals surface area (Å²) >= 11 is 11.9. The number of amides is 1. The number of hydrogen-bond acceptors (Lipinski definition) is 11. The number of carbonyl (C=O) groups is 1. The fraction of sp³-hybridized carbons (Fsp3) is 0.105. The molecule has 0 saturated heterocycles. The van der Waals surface area contributed by atoms with Gasteiger partial charge in [-0.05, 0) is 18.2 Å². The first-order valence-corrected chi connectivity index (χ1v) is 10.1. The summed E-state index contributed by atoms with van der Waals surface area (Å²) in [4.78, 5) is 41.4. The maximum atomic E-state index is 12.4. The second-order valence-electron chi connectivity index (χ2n) is 6.49. The van der Waals surface area contributed by atoms with Crippen molar-refractivity contribution in [3.05, 3.63) is 72.5 Å². The van der Waals surface area contributed by atoms with Gasteiger partial charge >= 0.3 is 5.69 Å². The molecule has 35 heavy (non-hydrogen) atoms. The molecule has 0 radical (unpaired) electrons. The summed E-state index contributed by atoms with van der Waals surface area (Å²) < 4.78 is 10.4. The Morgan fingerprint density at radius 3 is 2.26 bits per heavy atom. The van der Waals surface area contributed by atoms with E-state index in [1.165, 1.54) is 38.5 Å². The molecule has 14 nitrogen and oxygen atoms in total. The minimum absolute atomic E-state index is 0.124. The van der Waals surface area contributed by atoms with E-state index >= 15 is 0 Å². The quantitative estimate of drug-likeness (QED) is 0.270. The van der Waals surface area contributed by atoms with Crippen molar-refractivity contribution in [1.82, 2.24) is 15.4 Å². The molecule has 1 heterocycles. The number of carbonyl (C=O) groups excluding carboxylic acids is 1. The van der Waals surface area contributed by atoms with Crippen LogP contribution in [0, 0.1) is 20.2 Å². The zero-order chi connectivity index (χ0) is 25.7. The van der Waals surface area contributed by atoms with Crippen LogP contribution >= 0.6 is 23.2 Å². The molecule has 0 unspecified atom stereocenters. The van der Waals surface area contributed by atoms with Gasteiger partial charge < -0.3 is 14.8 Å². The molecule has 0 aliphatic rings. The number of rotatable bonds is 9. The summed E-state index contributed by atoms with van der Waals surface area (Å²) in [5.74, 6) is -0.882. The van der Waals surface area contributed by atoms with E-state index in [1.807, 2.05) is 0 Å². The fourth-order valence-electron chi connectivity index (χ4n) is 2.80. The third kappa shape index (κ3) is 5.56. The number of anilines is 3. The van der Waals surface area contributed by atoms with E-state index < -0.39 is 27.1 Å². The minimum atomic E-state index is -0.837. The first-order valence-electron chi connectivity index (χ1n) is 9.34. The van der Waals surface area contributed by atoms with E-state index in [-0.39, 0.29) is 38.7 Å². The number of ether oxygens (including phenoxy) is 2. The second kappa shape index (κ2) is 10.7. The van der Waals surface area contributed by atoms with Crippen LogP contribution < -0.4 is 25.6 Å². The lowest BCUT2D eigenvalue weighted by atomic mass is 10.2. The molecule has 0 bridgehead atoms. The number of benzene rings is 2. The van der Waals surface area contributed by atoms with Crippen LogP contribution in [0.15, 0.2) is 36.7 Å². The maximum Gasteiger partial charge on any atom is 0.355 e. The van der Waals surface area contributed by atoms with E-state index in [2.05, 4.69) is 26.1 Å². The van der Waals surface area contributed by atoms with Crippen molar-refractivity contribution in [2.24, 2.45) is 0 Å². The van der Waals surface area contributed by atoms with Crippen molar-refractivity contribution in [1.29, 1.82) is 0 Å². The normalized spacial score (nSPS) is 10.3. The summed E-state index contributed by atoms with van der Waals surface area (Å²) in [6, 6.07) is 6.28. The highest BCUT2D eigenvalue weighted by molar-refractivity contribution is 6.33. The van der Waals surface area contributed by atoms with Gasteiger partial charge in [0.25, 0.3) is 11.6 Å². The van der Waals surface area contributed by atoms with Crippen molar-refractivity contribution < 1.29 is 24.1 Å². The average Bonchev–Trinajstić information content (AvgIpc) is 2.82. The number of nitro benzene ring substituents is 1. The predicted molar refractivity (Wildman–Crippen MR) is 126 cm³/mol. The largest absolute Gasteiger partial charge is 0.495 e. The molecule has 2 aromatic carbocycles. The molecule has 3 N–H and O–H groups in total. The number of nitrogens with one attached hydrogen (secondary N) is 3. The summed E-state index contributed by atoms with van der Waals surface area (Å²) in [6.45, 7) is 0. The van der Waals surface area contributed by atoms with Crippen LogP contribution in [0.1, 0.15) is 10.4 Å². The highest BCUT2D eigenvalue weighted by atomic mass is 35.5. The molecule has 3 rings (SSSR count). The Kier molecular flexibility index (Phi) is 7.68. The molecule has 0 aliphatic carbocycles. The summed E-state index contributed by atoms with van der Waals surface area (Å²) in [5.41, 5.74) is 3.54. The lowest BCUT2D eigenvalue weighted by Crippen LogP contribution is -2.30. The first kappa shape index (κ1) is 25.2. The highest BCUT2D eigenvalue weighted by Crippen LogP contribution is 2.39. The molecule has 0 fully saturated rings. The molecule has 0 aliphatic heterocycles. The Morgan fingerprint density at radius 2 is 1.63 bits per heavy atom. The van der Waals surface area contributed by atoms with Gasteiger partial charge in [0.05, 0.1) is 34.8 Å². The molecule has 1 aromatic heterocycles. The Hall–Kier alpha value is -4.43. The van der Waals surface area contributed by atoms with Crippen LogP contribution in [-0.2, 0) is 0 Å². The average molecular weight is 524 g/mol. The van der Waals surface area contributed by atoms with Gasteiger partial charge in [-0.3, -0.25) is 35.9 Å². The van der Waals surface area contributed by atoms with Crippen LogP contribution in [0.25, 0.3) is 0 Å². The third-order valence-corrected chi connectivity index (χ3v) is 5.05. The van der Waals surface area contributed by atoms with Crippen molar-refractivity contribution >= 4 is 57.8 Å². The molecular formula is C19H15Cl2N7O7. The number of hydrazine groups is 1. The highest BCUT2D eigenvalue weighted by Gasteiger charge is 2.25. The van der Waals surface area contributed by atoms with E-state index in [0.29, 0.717) is 5.75 Å². The number of nitro groups is 2. The molecule has 1 amide bonds. The minimum Gasteiger partial charge on any atom is -0.495 e. The van der Waals surface area contributed by atoms with Crippen LogP contribution in [0.5, 0.6) is 11.5 Å². The van der Waals surface area contributed by atoms with Crippen molar-refractivity contribution in [3.63, 3.8) is 0 Å². The third-order valence-electron chi connectivity index (χ3n) is 4.43. The SMILES string of the molecule is COc1cc(OC)c(Nc2ncnc(NNC(=O)c3ccc(Cl)c([N+](=O)[O-])c3)c2[N+](=O)[O-])cc1Cl. The Balaban J connectivity index is 1.89. The van der Waals surface area contributed by atoms with Gasteiger partial charge in [0.1, 0.15) is 22.8 Å². The standard InChI is InChI=1S/C19H15Cl2N7O7/c1-34-14-7-15(35-2)12(6-11(14)21)24-17-16(28(32)33)18(23-8-22-17)25-26-19(29)9-3-4-10(20)13(5-9)27(30)31/h3-8H,1-2H3,(H,26,29)(H2,22,23,24,25). The number of halogens is 2. The van der Waals surface area contributed by atoms with Crippen molar-refractivity contribution in [2.45, 2.75) is 0 Å². The zero-order valence-corrected chi connectivity index (χ0v) is 19.4. The molecule has 16 heteroatoms. The van der Waals surface area contributed by atoms with Gasteiger partial charge in [-0.1, -0.05) is 23.2 Å². The monoisotopic (exact) mass is 523 g/mol. The van der Waals surface area contributed by atoms with E-state index in [9.17, 15) is 25.0 Å². The molecule has 0 saturated carbocycles. The van der Waals surface area contributed by atoms with Gasteiger partial charge in [-0.15, -0.1) is 0 Å². The molecule has 0 atom stereocenters. The van der Waals surface area contributed by atoms with Gasteiger partial charge in [-0.25, -0.2) is 9.97 Å². The molecule has 0 spiro atoms. The van der Waals surface area contributed by atoms with Crippen LogP contribution in [0.4, 0.5) is 28.7 Å². The smallest absolute Gasteiger partial charge is 0.355 e. The fourth-order valence-corrected chi connectivity index (χ4v) is 3.23. The maximum absolute atomic E-state index is 12.4. The van der Waals surface area contributed by atoms with Gasteiger partial charge in [-0.2, -0.15) is 0 Å². The van der Waals surface area contributed by atoms with E-state index in [0.717, 1.165) is 12.4 Å². The Bertz CT molecular complexity index is 1320. The lowest BCUT2D eigenvalue weighted by molar-refractivity contribution is -0.384. The van der Waals surface area contributed by atoms with Gasteiger partial charge in [0.2, 0.25) is 11.6 Å². The number of aromatic nitrogens is 2. The molecule has 182 valence electrons. The van der Waals surface area contributed by atoms with Gasteiger partial charge in [0.15, 0.2) is 0 Å². The predicted octanol–water partition coefficient (Wildman–Crippen LogP) is 4.12. The zero-order valence-electron chi connectivity index (χ0n) is 17.9. The van der Waals surface area contributed by atoms with Gasteiger partial charge in [0, 0.05) is 17.7 Å². The van der Waals surface area contributed by atoms with E-state index in [4.69, 9.17) is 32.7 Å². The van der Waals surface area contributed by atoms with Crippen LogP contribution in [0.3, 0.4) is 0 Å². The summed E-state index contributed by atoms with van der Waals surface area (Å²) in [5, 5.41) is 25.6. The van der Waals surface area contributed by atoms with Crippen LogP contribution in [-0.4, -0.2) is 39.9 Å². The number of nitrogens with zero attached hydrogens (tertiary/aromatic N) is 4. The molecular weight excluding hydrogens is 509 g/mol. The first-order chi connectivity index (χ1) is 16.7. The topological polar surface area (TPSA) is 184 Å². The Morgan fingerprint density at radius 1 is 0.943 bits per heavy atom. The van der Waals surface area contributed by atoms with Crippen molar-refractivity contribution in [2.75, 3.05) is 25.0 Å². The lowest BCUT2D eigenvalue weighted by Gasteiger charge is -2.14. The molecule has 3 aromatic rings. The number of methoxy groups -OCH3 is 2. The van der Waals surface area contributed by atoms with Crippen molar-refractivity contribution in [3.8, 4) is 11.5 Å². The summed E-state index contributed by atoms with van der Waals surface area (Å²) in [7, 11) is 2.80. The summed E-state index contributed by atoms with van der Waals surface area (Å²) in [6.07, 6.45) is 1.01. The number of hydrogen-bond donors (Lipinski definition) is 3. The van der Waals surface area contributed by atoms with E-state index in [1.54, 1.807) is 0 Å². The Labute approximate surface area is 206 Å². The van der Waals surface area contributed by atoms with Crippen LogP contribution in [0.2, 0.25) is 10.0 Å².